The number of para-hydroxylation sites is 2. The SMILES string of the molecule is c1ccc(-c2ccc(-c3c(N(c4ccccc4)c4ccccc4-c4ccccc4)c4ccccc4c4ccccc34)cc2)cc1. The highest BCUT2D eigenvalue weighted by atomic mass is 15.1. The van der Waals surface area contributed by atoms with Gasteiger partial charge < -0.3 is 4.90 Å². The van der Waals surface area contributed by atoms with Crippen LogP contribution in [0.15, 0.2) is 188 Å². The summed E-state index contributed by atoms with van der Waals surface area (Å²) in [6.07, 6.45) is 0. The van der Waals surface area contributed by atoms with Crippen LogP contribution in [0.1, 0.15) is 0 Å². The Labute approximate surface area is 264 Å². The van der Waals surface area contributed by atoms with E-state index in [2.05, 4.69) is 193 Å². The maximum atomic E-state index is 2.47. The van der Waals surface area contributed by atoms with Crippen molar-refractivity contribution in [3.8, 4) is 33.4 Å². The van der Waals surface area contributed by atoms with Crippen LogP contribution in [0.3, 0.4) is 0 Å². The molecule has 8 aromatic rings. The van der Waals surface area contributed by atoms with E-state index in [0.29, 0.717) is 0 Å². The van der Waals surface area contributed by atoms with E-state index in [-0.39, 0.29) is 0 Å². The molecule has 0 aliphatic heterocycles. The number of hydrogen-bond donors (Lipinski definition) is 0. The lowest BCUT2D eigenvalue weighted by molar-refractivity contribution is 1.30. The second kappa shape index (κ2) is 11.6. The summed E-state index contributed by atoms with van der Waals surface area (Å²) in [6, 6.07) is 67.6. The largest absolute Gasteiger partial charge is 0.309 e. The van der Waals surface area contributed by atoms with E-state index < -0.39 is 0 Å². The van der Waals surface area contributed by atoms with Crippen molar-refractivity contribution in [3.63, 3.8) is 0 Å². The van der Waals surface area contributed by atoms with Gasteiger partial charge in [-0.05, 0) is 56.6 Å². The monoisotopic (exact) mass is 573 g/mol. The van der Waals surface area contributed by atoms with Crippen LogP contribution in [0.5, 0.6) is 0 Å². The lowest BCUT2D eigenvalue weighted by Gasteiger charge is -2.32. The van der Waals surface area contributed by atoms with Crippen LogP contribution >= 0.6 is 0 Å². The van der Waals surface area contributed by atoms with Gasteiger partial charge in [0, 0.05) is 22.2 Å². The Morgan fingerprint density at radius 3 is 1.40 bits per heavy atom. The predicted octanol–water partition coefficient (Wildman–Crippen LogP) is 12.5. The van der Waals surface area contributed by atoms with E-state index in [1.165, 1.54) is 60.6 Å². The summed E-state index contributed by atoms with van der Waals surface area (Å²) in [6.45, 7) is 0. The molecule has 212 valence electrons. The third kappa shape index (κ3) is 4.85. The van der Waals surface area contributed by atoms with E-state index in [9.17, 15) is 0 Å². The van der Waals surface area contributed by atoms with Crippen molar-refractivity contribution in [2.75, 3.05) is 4.90 Å². The van der Waals surface area contributed by atoms with Gasteiger partial charge in [0.05, 0.1) is 11.4 Å². The van der Waals surface area contributed by atoms with Crippen molar-refractivity contribution >= 4 is 38.6 Å². The number of anilines is 3. The number of benzene rings is 8. The molecule has 0 heterocycles. The van der Waals surface area contributed by atoms with Crippen LogP contribution in [0, 0.1) is 0 Å². The molecule has 0 fully saturated rings. The number of rotatable bonds is 6. The van der Waals surface area contributed by atoms with Crippen LogP contribution in [0.2, 0.25) is 0 Å². The van der Waals surface area contributed by atoms with Crippen molar-refractivity contribution < 1.29 is 0 Å². The summed E-state index contributed by atoms with van der Waals surface area (Å²) in [5.41, 5.74) is 10.6. The van der Waals surface area contributed by atoms with Gasteiger partial charge in [-0.25, -0.2) is 0 Å². The fourth-order valence-corrected chi connectivity index (χ4v) is 6.60. The minimum Gasteiger partial charge on any atom is -0.309 e. The first-order valence-electron chi connectivity index (χ1n) is 15.5. The molecule has 1 heteroatoms. The fraction of sp³-hybridized carbons (Fsp3) is 0. The van der Waals surface area contributed by atoms with Crippen LogP contribution in [-0.2, 0) is 0 Å². The summed E-state index contributed by atoms with van der Waals surface area (Å²) in [7, 11) is 0. The van der Waals surface area contributed by atoms with Crippen LogP contribution < -0.4 is 4.90 Å². The molecular weight excluding hydrogens is 542 g/mol. The molecule has 0 amide bonds. The standard InChI is InChI=1S/C44H31N/c1-4-16-32(17-5-1)33-28-30-35(31-29-33)43-40-25-12-10-23-38(40)39-24-11-13-26-41(39)44(43)45(36-20-8-3-9-21-36)42-27-15-14-22-37(42)34-18-6-2-7-19-34/h1-31H. The molecule has 0 spiro atoms. The number of nitrogens with zero attached hydrogens (tertiary/aromatic N) is 1. The number of fused-ring (bicyclic) bond motifs is 3. The van der Waals surface area contributed by atoms with E-state index in [4.69, 9.17) is 0 Å². The first-order valence-corrected chi connectivity index (χ1v) is 15.5. The molecule has 0 aliphatic rings. The summed E-state index contributed by atoms with van der Waals surface area (Å²) < 4.78 is 0. The highest BCUT2D eigenvalue weighted by Crippen LogP contribution is 2.51. The Kier molecular flexibility index (Phi) is 6.90. The van der Waals surface area contributed by atoms with E-state index in [1.54, 1.807) is 0 Å². The summed E-state index contributed by atoms with van der Waals surface area (Å²) in [5.74, 6) is 0. The zero-order valence-electron chi connectivity index (χ0n) is 24.8. The van der Waals surface area contributed by atoms with Gasteiger partial charge in [-0.2, -0.15) is 0 Å². The molecule has 1 nitrogen and oxygen atoms in total. The first kappa shape index (κ1) is 26.7. The molecule has 0 aromatic heterocycles. The average molecular weight is 574 g/mol. The third-order valence-corrected chi connectivity index (χ3v) is 8.65. The smallest absolute Gasteiger partial charge is 0.0625 e. The van der Waals surface area contributed by atoms with Gasteiger partial charge in [0.2, 0.25) is 0 Å². The van der Waals surface area contributed by atoms with Gasteiger partial charge in [-0.1, -0.05) is 170 Å². The molecule has 8 aromatic carbocycles. The van der Waals surface area contributed by atoms with E-state index in [1.807, 2.05) is 0 Å². The van der Waals surface area contributed by atoms with Crippen LogP contribution in [0.4, 0.5) is 17.1 Å². The Bertz CT molecular complexity index is 2240. The van der Waals surface area contributed by atoms with Crippen molar-refractivity contribution in [1.82, 2.24) is 0 Å². The van der Waals surface area contributed by atoms with Gasteiger partial charge in [0.25, 0.3) is 0 Å². The minimum atomic E-state index is 1.11. The summed E-state index contributed by atoms with van der Waals surface area (Å²) in [4.78, 5) is 2.47. The molecule has 0 atom stereocenters. The third-order valence-electron chi connectivity index (χ3n) is 8.65. The van der Waals surface area contributed by atoms with Crippen LogP contribution in [-0.4, -0.2) is 0 Å². The maximum absolute atomic E-state index is 2.47. The Balaban J connectivity index is 1.48. The highest BCUT2D eigenvalue weighted by molar-refractivity contribution is 6.22. The molecule has 0 bridgehead atoms. The van der Waals surface area contributed by atoms with Crippen molar-refractivity contribution in [3.05, 3.63) is 188 Å². The molecule has 0 unspecified atom stereocenters. The molecule has 45 heavy (non-hydrogen) atoms. The quantitative estimate of drug-likeness (QED) is 0.179. The summed E-state index contributed by atoms with van der Waals surface area (Å²) >= 11 is 0. The highest BCUT2D eigenvalue weighted by Gasteiger charge is 2.25. The van der Waals surface area contributed by atoms with Gasteiger partial charge >= 0.3 is 0 Å². The maximum Gasteiger partial charge on any atom is 0.0625 e. The number of hydrogen-bond acceptors (Lipinski definition) is 1. The van der Waals surface area contributed by atoms with E-state index in [0.717, 1.165) is 11.4 Å². The molecular formula is C44H31N. The molecule has 0 radical (unpaired) electrons. The van der Waals surface area contributed by atoms with Gasteiger partial charge in [-0.15, -0.1) is 0 Å². The topological polar surface area (TPSA) is 3.24 Å². The molecule has 0 N–H and O–H groups in total. The lowest BCUT2D eigenvalue weighted by Crippen LogP contribution is -2.13. The van der Waals surface area contributed by atoms with Gasteiger partial charge in [0.15, 0.2) is 0 Å². The molecule has 0 saturated heterocycles. The minimum absolute atomic E-state index is 1.11. The van der Waals surface area contributed by atoms with Crippen molar-refractivity contribution in [2.24, 2.45) is 0 Å². The Morgan fingerprint density at radius 1 is 0.289 bits per heavy atom. The normalized spacial score (nSPS) is 11.1. The Morgan fingerprint density at radius 2 is 0.733 bits per heavy atom. The molecule has 0 aliphatic carbocycles. The van der Waals surface area contributed by atoms with Gasteiger partial charge in [-0.3, -0.25) is 0 Å². The average Bonchev–Trinajstić information content (AvgIpc) is 3.13. The lowest BCUT2D eigenvalue weighted by atomic mass is 9.89. The second-order valence-electron chi connectivity index (χ2n) is 11.3. The van der Waals surface area contributed by atoms with E-state index >= 15 is 0 Å². The first-order chi connectivity index (χ1) is 22.4. The predicted molar refractivity (Wildman–Crippen MR) is 192 cm³/mol. The van der Waals surface area contributed by atoms with Crippen molar-refractivity contribution in [2.45, 2.75) is 0 Å². The van der Waals surface area contributed by atoms with Gasteiger partial charge in [0.1, 0.15) is 0 Å². The second-order valence-corrected chi connectivity index (χ2v) is 11.3. The molecule has 8 rings (SSSR count). The zero-order chi connectivity index (χ0) is 30.0. The van der Waals surface area contributed by atoms with Crippen LogP contribution in [0.25, 0.3) is 54.9 Å². The zero-order valence-corrected chi connectivity index (χ0v) is 24.8. The molecule has 0 saturated carbocycles. The fourth-order valence-electron chi connectivity index (χ4n) is 6.60. The summed E-state index contributed by atoms with van der Waals surface area (Å²) in [5, 5.41) is 4.94. The van der Waals surface area contributed by atoms with Crippen molar-refractivity contribution in [1.29, 1.82) is 0 Å². The Hall–Kier alpha value is -5.92.